The van der Waals surface area contributed by atoms with Crippen molar-refractivity contribution < 1.29 is 22.4 Å². The molecule has 0 bridgehead atoms. The number of H-pyrrole nitrogens is 1. The van der Waals surface area contributed by atoms with Crippen LogP contribution >= 0.6 is 0 Å². The number of piperidine rings is 1. The average molecular weight is 471 g/mol. The van der Waals surface area contributed by atoms with E-state index in [9.17, 15) is 22.4 Å². The van der Waals surface area contributed by atoms with Crippen molar-refractivity contribution in [3.63, 3.8) is 0 Å². The number of halogens is 4. The van der Waals surface area contributed by atoms with Gasteiger partial charge in [0.2, 0.25) is 5.82 Å². The van der Waals surface area contributed by atoms with Crippen molar-refractivity contribution in [3.8, 4) is 11.3 Å². The molecule has 3 heterocycles. The Morgan fingerprint density at radius 1 is 1.06 bits per heavy atom. The summed E-state index contributed by atoms with van der Waals surface area (Å²) in [6.45, 7) is 1.06. The fourth-order valence-electron chi connectivity index (χ4n) is 4.42. The van der Waals surface area contributed by atoms with Crippen LogP contribution in [0.1, 0.15) is 29.2 Å². The quantitative estimate of drug-likeness (QED) is 0.420. The molecule has 1 N–H and O–H groups in total. The van der Waals surface area contributed by atoms with Crippen LogP contribution < -0.4 is 0 Å². The smallest absolute Gasteiger partial charge is 0.337 e. The van der Waals surface area contributed by atoms with Gasteiger partial charge in [-0.2, -0.15) is 18.3 Å². The molecular weight excluding hydrogens is 450 g/mol. The summed E-state index contributed by atoms with van der Waals surface area (Å²) in [7, 11) is 0. The number of nitrogens with zero attached hydrogens (tertiary/aromatic N) is 4. The SMILES string of the molecule is O=C(c1cc(-c2ccc(F)cc2)n[nH]1)N1CCC(Cn2c(C(F)(F)F)nc3ccccc32)CC1. The van der Waals surface area contributed by atoms with Gasteiger partial charge in [0, 0.05) is 25.2 Å². The molecule has 1 aliphatic heterocycles. The number of amides is 1. The lowest BCUT2D eigenvalue weighted by Gasteiger charge is -2.32. The topological polar surface area (TPSA) is 66.8 Å². The van der Waals surface area contributed by atoms with Gasteiger partial charge in [-0.25, -0.2) is 9.37 Å². The molecule has 2 aromatic heterocycles. The van der Waals surface area contributed by atoms with Crippen LogP contribution in [0.15, 0.2) is 54.6 Å². The molecule has 1 aliphatic rings. The largest absolute Gasteiger partial charge is 0.449 e. The van der Waals surface area contributed by atoms with Crippen LogP contribution in [0.4, 0.5) is 17.6 Å². The zero-order valence-corrected chi connectivity index (χ0v) is 18.0. The normalized spacial score (nSPS) is 15.2. The molecule has 0 atom stereocenters. The minimum atomic E-state index is -4.54. The second kappa shape index (κ2) is 8.58. The summed E-state index contributed by atoms with van der Waals surface area (Å²) < 4.78 is 55.1. The standard InChI is InChI=1S/C24H21F4N5O/c25-17-7-5-16(6-8-17)19-13-20(31-30-19)22(34)32-11-9-15(10-12-32)14-33-21-4-2-1-3-18(21)29-23(33)24(26,27)28/h1-8,13,15H,9-12,14H2,(H,30,31). The predicted octanol–water partition coefficient (Wildman–Crippen LogP) is 5.14. The predicted molar refractivity (Wildman–Crippen MR) is 117 cm³/mol. The van der Waals surface area contributed by atoms with Crippen molar-refractivity contribution >= 4 is 16.9 Å². The van der Waals surface area contributed by atoms with E-state index < -0.39 is 12.0 Å². The van der Waals surface area contributed by atoms with Crippen molar-refractivity contribution in [2.75, 3.05) is 13.1 Å². The van der Waals surface area contributed by atoms with E-state index in [1.807, 2.05) is 0 Å². The van der Waals surface area contributed by atoms with E-state index in [1.165, 1.54) is 16.7 Å². The number of nitrogens with one attached hydrogen (secondary N) is 1. The van der Waals surface area contributed by atoms with Crippen LogP contribution in [-0.4, -0.2) is 43.6 Å². The number of likely N-dealkylation sites (tertiary alicyclic amines) is 1. The first-order valence-electron chi connectivity index (χ1n) is 10.9. The lowest BCUT2D eigenvalue weighted by atomic mass is 9.96. The highest BCUT2D eigenvalue weighted by Crippen LogP contribution is 2.33. The van der Waals surface area contributed by atoms with Gasteiger partial charge >= 0.3 is 6.18 Å². The van der Waals surface area contributed by atoms with Crippen LogP contribution in [0.25, 0.3) is 22.3 Å². The number of aromatic amines is 1. The molecule has 10 heteroatoms. The maximum Gasteiger partial charge on any atom is 0.449 e. The highest BCUT2D eigenvalue weighted by molar-refractivity contribution is 5.93. The van der Waals surface area contributed by atoms with E-state index in [-0.39, 0.29) is 24.2 Å². The third-order valence-corrected chi connectivity index (χ3v) is 6.20. The molecule has 5 rings (SSSR count). The molecule has 1 saturated heterocycles. The molecule has 1 fully saturated rings. The van der Waals surface area contributed by atoms with Crippen molar-refractivity contribution in [1.82, 2.24) is 24.6 Å². The molecule has 0 aliphatic carbocycles. The van der Waals surface area contributed by atoms with Gasteiger partial charge in [-0.3, -0.25) is 9.89 Å². The van der Waals surface area contributed by atoms with Gasteiger partial charge in [0.25, 0.3) is 5.91 Å². The number of hydrogen-bond donors (Lipinski definition) is 1. The van der Waals surface area contributed by atoms with Gasteiger partial charge < -0.3 is 9.47 Å². The Kier molecular flexibility index (Phi) is 5.59. The molecule has 4 aromatic rings. The number of rotatable bonds is 4. The number of carbonyl (C=O) groups excluding carboxylic acids is 1. The Bertz CT molecular complexity index is 1320. The van der Waals surface area contributed by atoms with E-state index in [0.29, 0.717) is 53.9 Å². The number of alkyl halides is 3. The maximum absolute atomic E-state index is 13.6. The van der Waals surface area contributed by atoms with E-state index >= 15 is 0 Å². The summed E-state index contributed by atoms with van der Waals surface area (Å²) in [5, 5.41) is 6.88. The summed E-state index contributed by atoms with van der Waals surface area (Å²) >= 11 is 0. The first kappa shape index (κ1) is 22.1. The molecule has 0 saturated carbocycles. The van der Waals surface area contributed by atoms with E-state index in [2.05, 4.69) is 15.2 Å². The Hall–Kier alpha value is -3.69. The summed E-state index contributed by atoms with van der Waals surface area (Å²) in [5.41, 5.74) is 2.31. The lowest BCUT2D eigenvalue weighted by molar-refractivity contribution is -0.147. The first-order valence-corrected chi connectivity index (χ1v) is 10.9. The summed E-state index contributed by atoms with van der Waals surface area (Å²) in [6, 6.07) is 14.0. The first-order chi connectivity index (χ1) is 16.3. The van der Waals surface area contributed by atoms with Gasteiger partial charge in [0.1, 0.15) is 11.5 Å². The van der Waals surface area contributed by atoms with Crippen LogP contribution in [0.5, 0.6) is 0 Å². The van der Waals surface area contributed by atoms with Gasteiger partial charge in [0.15, 0.2) is 0 Å². The minimum absolute atomic E-state index is 0.0145. The molecule has 2 aromatic carbocycles. The summed E-state index contributed by atoms with van der Waals surface area (Å²) in [5.74, 6) is -1.48. The van der Waals surface area contributed by atoms with Crippen LogP contribution in [0.3, 0.4) is 0 Å². The molecule has 176 valence electrons. The second-order valence-electron chi connectivity index (χ2n) is 8.44. The summed E-state index contributed by atoms with van der Waals surface area (Å²) in [4.78, 5) is 18.4. The molecule has 0 spiro atoms. The molecular formula is C24H21F4N5O. The van der Waals surface area contributed by atoms with Crippen LogP contribution in [0, 0.1) is 11.7 Å². The Labute approximate surface area is 192 Å². The van der Waals surface area contributed by atoms with Gasteiger partial charge in [-0.1, -0.05) is 12.1 Å². The van der Waals surface area contributed by atoms with Gasteiger partial charge in [-0.15, -0.1) is 0 Å². The van der Waals surface area contributed by atoms with E-state index in [1.54, 1.807) is 47.4 Å². The zero-order valence-electron chi connectivity index (χ0n) is 18.0. The number of aromatic nitrogens is 4. The van der Waals surface area contributed by atoms with Crippen molar-refractivity contribution in [2.45, 2.75) is 25.6 Å². The maximum atomic E-state index is 13.6. The second-order valence-corrected chi connectivity index (χ2v) is 8.44. The monoisotopic (exact) mass is 471 g/mol. The molecule has 0 unspecified atom stereocenters. The van der Waals surface area contributed by atoms with Gasteiger partial charge in [0.05, 0.1) is 16.7 Å². The number of benzene rings is 2. The van der Waals surface area contributed by atoms with Gasteiger partial charge in [-0.05, 0) is 61.2 Å². The number of para-hydroxylation sites is 2. The Morgan fingerprint density at radius 2 is 1.76 bits per heavy atom. The van der Waals surface area contributed by atoms with Crippen molar-refractivity contribution in [1.29, 1.82) is 0 Å². The Morgan fingerprint density at radius 3 is 2.47 bits per heavy atom. The van der Waals surface area contributed by atoms with Crippen LogP contribution in [0.2, 0.25) is 0 Å². The number of imidazole rings is 1. The number of fused-ring (bicyclic) bond motifs is 1. The van der Waals surface area contributed by atoms with Crippen molar-refractivity contribution in [3.05, 3.63) is 71.9 Å². The lowest BCUT2D eigenvalue weighted by Crippen LogP contribution is -2.39. The van der Waals surface area contributed by atoms with E-state index in [0.717, 1.165) is 0 Å². The third kappa shape index (κ3) is 4.27. The highest BCUT2D eigenvalue weighted by atomic mass is 19.4. The number of carbonyl (C=O) groups is 1. The molecule has 6 nitrogen and oxygen atoms in total. The Balaban J connectivity index is 1.26. The van der Waals surface area contributed by atoms with E-state index in [4.69, 9.17) is 0 Å². The molecule has 0 radical (unpaired) electrons. The molecule has 34 heavy (non-hydrogen) atoms. The zero-order chi connectivity index (χ0) is 23.9. The fourth-order valence-corrected chi connectivity index (χ4v) is 4.42. The van der Waals surface area contributed by atoms with Crippen LogP contribution in [-0.2, 0) is 12.7 Å². The number of hydrogen-bond acceptors (Lipinski definition) is 3. The molecule has 1 amide bonds. The fraction of sp³-hybridized carbons (Fsp3) is 0.292. The average Bonchev–Trinajstić information content (AvgIpc) is 3.45. The third-order valence-electron chi connectivity index (χ3n) is 6.20. The summed E-state index contributed by atoms with van der Waals surface area (Å²) in [6.07, 6.45) is -3.39. The van der Waals surface area contributed by atoms with Crippen molar-refractivity contribution in [2.24, 2.45) is 5.92 Å². The highest BCUT2D eigenvalue weighted by Gasteiger charge is 2.38. The minimum Gasteiger partial charge on any atom is -0.337 e.